The van der Waals surface area contributed by atoms with Crippen LogP contribution in [0.15, 0.2) is 12.1 Å². The Morgan fingerprint density at radius 2 is 2.17 bits per heavy atom. The molecule has 1 aliphatic heterocycles. The second kappa shape index (κ2) is 11.0. The number of methoxy groups -OCH3 is 1. The highest BCUT2D eigenvalue weighted by atomic mass is 35.5. The number of hydrogen-bond acceptors (Lipinski definition) is 6. The second-order valence-corrected chi connectivity index (χ2v) is 7.16. The maximum atomic E-state index is 13.2. The van der Waals surface area contributed by atoms with Crippen molar-refractivity contribution in [2.75, 3.05) is 26.0 Å². The Kier molecular flexibility index (Phi) is 8.63. The molecule has 0 saturated carbocycles. The number of halogens is 1. The van der Waals surface area contributed by atoms with E-state index < -0.39 is 24.3 Å². The molecule has 164 valence electrons. The molecule has 0 aliphatic carbocycles. The SMILES string of the molecule is CC#C[C@H](C)Oc1cc(N)c(Cl)cc1C(=O)N[C@@H]1[C@H](OC)CCCN1C(=O)OCC. The van der Waals surface area contributed by atoms with Crippen molar-refractivity contribution < 1.29 is 23.8 Å². The Labute approximate surface area is 182 Å². The minimum atomic E-state index is -0.702. The number of likely N-dealkylation sites (tertiary alicyclic amines) is 1. The third-order valence-electron chi connectivity index (χ3n) is 4.65. The van der Waals surface area contributed by atoms with Crippen LogP contribution in [0, 0.1) is 11.8 Å². The van der Waals surface area contributed by atoms with Crippen LogP contribution < -0.4 is 15.8 Å². The summed E-state index contributed by atoms with van der Waals surface area (Å²) in [6.07, 6.45) is -0.633. The van der Waals surface area contributed by atoms with E-state index in [0.29, 0.717) is 13.0 Å². The molecule has 1 aliphatic rings. The van der Waals surface area contributed by atoms with E-state index >= 15 is 0 Å². The van der Waals surface area contributed by atoms with Crippen LogP contribution in [-0.2, 0) is 9.47 Å². The van der Waals surface area contributed by atoms with Crippen molar-refractivity contribution in [1.29, 1.82) is 0 Å². The highest BCUT2D eigenvalue weighted by Crippen LogP contribution is 2.30. The highest BCUT2D eigenvalue weighted by molar-refractivity contribution is 6.33. The first kappa shape index (κ1) is 23.6. The van der Waals surface area contributed by atoms with Gasteiger partial charge in [0.25, 0.3) is 5.91 Å². The molecule has 0 bridgehead atoms. The lowest BCUT2D eigenvalue weighted by molar-refractivity contribution is -0.0274. The molecule has 0 aromatic heterocycles. The molecule has 1 saturated heterocycles. The van der Waals surface area contributed by atoms with E-state index in [4.69, 9.17) is 31.5 Å². The lowest BCUT2D eigenvalue weighted by Gasteiger charge is -2.40. The van der Waals surface area contributed by atoms with Crippen LogP contribution in [0.3, 0.4) is 0 Å². The molecule has 0 radical (unpaired) electrons. The Bertz CT molecular complexity index is 836. The molecule has 1 aromatic rings. The summed E-state index contributed by atoms with van der Waals surface area (Å²) >= 11 is 6.15. The van der Waals surface area contributed by atoms with Crippen molar-refractivity contribution in [1.82, 2.24) is 10.2 Å². The average Bonchev–Trinajstić information content (AvgIpc) is 2.70. The lowest BCUT2D eigenvalue weighted by atomic mass is 10.0. The molecule has 3 N–H and O–H groups in total. The van der Waals surface area contributed by atoms with Crippen molar-refractivity contribution in [2.45, 2.75) is 52.0 Å². The van der Waals surface area contributed by atoms with Gasteiger partial charge in [0.1, 0.15) is 11.9 Å². The Balaban J connectivity index is 2.34. The first-order chi connectivity index (χ1) is 14.3. The van der Waals surface area contributed by atoms with E-state index in [1.165, 1.54) is 24.1 Å². The number of anilines is 1. The van der Waals surface area contributed by atoms with Gasteiger partial charge in [0, 0.05) is 19.7 Å². The molecule has 9 heteroatoms. The van der Waals surface area contributed by atoms with Crippen molar-refractivity contribution in [2.24, 2.45) is 0 Å². The summed E-state index contributed by atoms with van der Waals surface area (Å²) in [5.41, 5.74) is 6.35. The van der Waals surface area contributed by atoms with Crippen LogP contribution in [0.25, 0.3) is 0 Å². The third-order valence-corrected chi connectivity index (χ3v) is 4.98. The summed E-state index contributed by atoms with van der Waals surface area (Å²) in [5.74, 6) is 5.39. The number of nitrogens with two attached hydrogens (primary N) is 1. The van der Waals surface area contributed by atoms with Gasteiger partial charge in [-0.05, 0) is 39.7 Å². The first-order valence-electron chi connectivity index (χ1n) is 9.77. The number of rotatable bonds is 6. The number of nitrogen functional groups attached to an aromatic ring is 1. The number of nitrogens with zero attached hydrogens (tertiary/aromatic N) is 1. The summed E-state index contributed by atoms with van der Waals surface area (Å²) in [7, 11) is 1.54. The van der Waals surface area contributed by atoms with Gasteiger partial charge in [0.15, 0.2) is 6.10 Å². The maximum absolute atomic E-state index is 13.2. The van der Waals surface area contributed by atoms with Gasteiger partial charge >= 0.3 is 6.09 Å². The van der Waals surface area contributed by atoms with E-state index in [1.807, 2.05) is 0 Å². The number of piperidine rings is 1. The van der Waals surface area contributed by atoms with Crippen molar-refractivity contribution in [3.63, 3.8) is 0 Å². The number of ether oxygens (including phenoxy) is 3. The predicted octanol–water partition coefficient (Wildman–Crippen LogP) is 3.04. The number of benzene rings is 1. The van der Waals surface area contributed by atoms with E-state index in [2.05, 4.69) is 17.2 Å². The summed E-state index contributed by atoms with van der Waals surface area (Å²) in [6.45, 7) is 5.85. The number of carbonyl (C=O) groups is 2. The fourth-order valence-corrected chi connectivity index (χ4v) is 3.43. The van der Waals surface area contributed by atoms with Crippen molar-refractivity contribution >= 4 is 29.3 Å². The van der Waals surface area contributed by atoms with Crippen LogP contribution in [-0.4, -0.2) is 55.5 Å². The molecule has 1 heterocycles. The summed E-state index contributed by atoms with van der Waals surface area (Å²) < 4.78 is 16.4. The second-order valence-electron chi connectivity index (χ2n) is 6.75. The molecular weight excluding hydrogens is 410 g/mol. The zero-order chi connectivity index (χ0) is 22.3. The fraction of sp³-hybridized carbons (Fsp3) is 0.524. The Morgan fingerprint density at radius 3 is 2.80 bits per heavy atom. The van der Waals surface area contributed by atoms with E-state index in [9.17, 15) is 9.59 Å². The summed E-state index contributed by atoms with van der Waals surface area (Å²) in [4.78, 5) is 27.0. The lowest BCUT2D eigenvalue weighted by Crippen LogP contribution is -2.60. The average molecular weight is 438 g/mol. The Morgan fingerprint density at radius 1 is 1.43 bits per heavy atom. The van der Waals surface area contributed by atoms with Crippen LogP contribution in [0.4, 0.5) is 10.5 Å². The molecule has 8 nitrogen and oxygen atoms in total. The number of nitrogens with one attached hydrogen (secondary N) is 1. The maximum Gasteiger partial charge on any atom is 0.411 e. The van der Waals surface area contributed by atoms with Gasteiger partial charge < -0.3 is 25.3 Å². The van der Waals surface area contributed by atoms with Gasteiger partial charge in [-0.3, -0.25) is 9.69 Å². The third kappa shape index (κ3) is 5.71. The largest absolute Gasteiger partial charge is 0.477 e. The normalized spacial score (nSPS) is 19.3. The quantitative estimate of drug-likeness (QED) is 0.523. The molecular formula is C21H28ClN3O5. The molecule has 3 atom stereocenters. The van der Waals surface area contributed by atoms with Gasteiger partial charge in [-0.15, -0.1) is 5.92 Å². The van der Waals surface area contributed by atoms with Gasteiger partial charge in [0.05, 0.1) is 29.0 Å². The van der Waals surface area contributed by atoms with Gasteiger partial charge in [0.2, 0.25) is 0 Å². The highest BCUT2D eigenvalue weighted by Gasteiger charge is 2.37. The van der Waals surface area contributed by atoms with Crippen LogP contribution in [0.5, 0.6) is 5.75 Å². The van der Waals surface area contributed by atoms with Gasteiger partial charge in [-0.2, -0.15) is 0 Å². The molecule has 30 heavy (non-hydrogen) atoms. The van der Waals surface area contributed by atoms with Crippen LogP contribution in [0.2, 0.25) is 5.02 Å². The predicted molar refractivity (Wildman–Crippen MR) is 114 cm³/mol. The van der Waals surface area contributed by atoms with E-state index in [1.54, 1.807) is 20.8 Å². The van der Waals surface area contributed by atoms with Gasteiger partial charge in [-0.25, -0.2) is 4.79 Å². The molecule has 0 unspecified atom stereocenters. The van der Waals surface area contributed by atoms with Crippen molar-refractivity contribution in [3.8, 4) is 17.6 Å². The monoisotopic (exact) mass is 437 g/mol. The fourth-order valence-electron chi connectivity index (χ4n) is 3.27. The molecule has 1 aromatic carbocycles. The minimum Gasteiger partial charge on any atom is -0.477 e. The molecule has 0 spiro atoms. The number of carbonyl (C=O) groups excluding carboxylic acids is 2. The Hall–Kier alpha value is -2.63. The van der Waals surface area contributed by atoms with Crippen LogP contribution >= 0.6 is 11.6 Å². The summed E-state index contributed by atoms with van der Waals surface area (Å²) in [5, 5.41) is 3.08. The van der Waals surface area contributed by atoms with E-state index in [-0.39, 0.29) is 34.7 Å². The number of amides is 2. The topological polar surface area (TPSA) is 103 Å². The molecule has 2 amide bonds. The van der Waals surface area contributed by atoms with Gasteiger partial charge in [-0.1, -0.05) is 17.5 Å². The zero-order valence-electron chi connectivity index (χ0n) is 17.7. The zero-order valence-corrected chi connectivity index (χ0v) is 18.4. The van der Waals surface area contributed by atoms with E-state index in [0.717, 1.165) is 6.42 Å². The van der Waals surface area contributed by atoms with Crippen LogP contribution in [0.1, 0.15) is 44.0 Å². The number of hydrogen-bond donors (Lipinski definition) is 2. The minimum absolute atomic E-state index is 0.184. The first-order valence-corrected chi connectivity index (χ1v) is 10.1. The standard InChI is InChI=1S/C21H28ClN3O5/c1-5-8-13(3)30-18-12-16(23)15(22)11-14(18)20(26)24-19-17(28-4)9-7-10-25(19)21(27)29-6-2/h11-13,17,19H,6-7,9-10,23H2,1-4H3,(H,24,26)/t13-,17+,19-/m0/s1. The molecule has 2 rings (SSSR count). The smallest absolute Gasteiger partial charge is 0.411 e. The summed E-state index contributed by atoms with van der Waals surface area (Å²) in [6, 6.07) is 2.93. The van der Waals surface area contributed by atoms with Crippen molar-refractivity contribution in [3.05, 3.63) is 22.7 Å². The molecule has 1 fully saturated rings.